The number of Topliss-reactive ketones (excluding diaryl/α,β-unsaturated/α-hetero) is 1. The van der Waals surface area contributed by atoms with E-state index in [0.29, 0.717) is 22.6 Å². The van der Waals surface area contributed by atoms with Crippen molar-refractivity contribution in [1.82, 2.24) is 0 Å². The second kappa shape index (κ2) is 10.1. The summed E-state index contributed by atoms with van der Waals surface area (Å²) in [6.07, 6.45) is 0.358. The molecule has 1 heterocycles. The zero-order chi connectivity index (χ0) is 25.3. The maximum atomic E-state index is 14.7. The zero-order valence-corrected chi connectivity index (χ0v) is 19.1. The molecule has 0 spiro atoms. The van der Waals surface area contributed by atoms with E-state index < -0.39 is 35.3 Å². The van der Waals surface area contributed by atoms with Gasteiger partial charge in [-0.05, 0) is 42.2 Å². The van der Waals surface area contributed by atoms with Crippen LogP contribution >= 0.6 is 11.6 Å². The van der Waals surface area contributed by atoms with Crippen molar-refractivity contribution in [1.29, 1.82) is 0 Å². The van der Waals surface area contributed by atoms with E-state index in [4.69, 9.17) is 16.7 Å². The van der Waals surface area contributed by atoms with Gasteiger partial charge in [-0.3, -0.25) is 4.79 Å². The summed E-state index contributed by atoms with van der Waals surface area (Å²) >= 11 is 5.79. The van der Waals surface area contributed by atoms with E-state index in [9.17, 15) is 28.0 Å². The molecule has 2 aromatic carbocycles. The summed E-state index contributed by atoms with van der Waals surface area (Å²) in [5, 5.41) is 21.7. The first-order valence-corrected chi connectivity index (χ1v) is 11.4. The number of carbonyl (C=O) groups excluding carboxylic acids is 1. The first-order valence-electron chi connectivity index (χ1n) is 11.0. The average Bonchev–Trinajstić information content (AvgIpc) is 3.64. The fraction of sp³-hybridized carbons (Fsp3) is 0.269. The van der Waals surface area contributed by atoms with E-state index >= 15 is 0 Å². The fourth-order valence-electron chi connectivity index (χ4n) is 4.14. The molecule has 0 amide bonds. The molecule has 1 saturated carbocycles. The topological polar surface area (TPSA) is 81.3 Å². The highest BCUT2D eigenvalue weighted by molar-refractivity contribution is 6.31. The molecule has 1 aliphatic carbocycles. The monoisotopic (exact) mass is 503 g/mol. The Labute approximate surface area is 204 Å². The van der Waals surface area contributed by atoms with E-state index in [-0.39, 0.29) is 34.0 Å². The molecule has 9 heteroatoms. The number of ketones is 1. The minimum absolute atomic E-state index is 0.00249. The third kappa shape index (κ3) is 5.48. The molecule has 182 valence electrons. The number of rotatable bonds is 9. The molecular formula is C26H21ClF3NO4. The third-order valence-corrected chi connectivity index (χ3v) is 6.48. The lowest BCUT2D eigenvalue weighted by Crippen LogP contribution is -2.36. The second-order valence-corrected chi connectivity index (χ2v) is 9.08. The Morgan fingerprint density at radius 1 is 1.09 bits per heavy atom. The van der Waals surface area contributed by atoms with Crippen LogP contribution in [0.4, 0.5) is 13.2 Å². The molecule has 4 rings (SSSR count). The Balaban J connectivity index is 1.65. The third-order valence-electron chi connectivity index (χ3n) is 6.19. The molecule has 1 fully saturated rings. The van der Waals surface area contributed by atoms with E-state index in [2.05, 4.69) is 0 Å². The normalized spacial score (nSPS) is 14.2. The van der Waals surface area contributed by atoms with Gasteiger partial charge in [0.05, 0.1) is 16.1 Å². The first-order chi connectivity index (χ1) is 16.7. The first kappa shape index (κ1) is 24.7. The van der Waals surface area contributed by atoms with Gasteiger partial charge in [0.15, 0.2) is 12.0 Å². The summed E-state index contributed by atoms with van der Waals surface area (Å²) in [5.74, 6) is -2.79. The number of pyridine rings is 1. The van der Waals surface area contributed by atoms with Crippen LogP contribution in [0.5, 0.6) is 0 Å². The maximum Gasteiger partial charge on any atom is 0.335 e. The van der Waals surface area contributed by atoms with Gasteiger partial charge in [0, 0.05) is 23.6 Å². The Hall–Kier alpha value is -3.39. The minimum atomic E-state index is -2.98. The van der Waals surface area contributed by atoms with Crippen LogP contribution < -0.4 is 4.73 Å². The van der Waals surface area contributed by atoms with Gasteiger partial charge < -0.3 is 10.3 Å². The van der Waals surface area contributed by atoms with E-state index in [1.165, 1.54) is 24.3 Å². The fourth-order valence-corrected chi connectivity index (χ4v) is 4.30. The number of nitrogens with zero attached hydrogens (tertiary/aromatic N) is 1. The molecule has 0 saturated heterocycles. The van der Waals surface area contributed by atoms with Crippen LogP contribution in [-0.4, -0.2) is 16.9 Å². The summed E-state index contributed by atoms with van der Waals surface area (Å²) in [7, 11) is 0. The van der Waals surface area contributed by atoms with E-state index in [1.807, 2.05) is 0 Å². The highest BCUT2D eigenvalue weighted by Gasteiger charge is 2.35. The Morgan fingerprint density at radius 3 is 2.34 bits per heavy atom. The number of benzene rings is 2. The van der Waals surface area contributed by atoms with Crippen molar-refractivity contribution in [3.8, 4) is 11.1 Å². The van der Waals surface area contributed by atoms with E-state index in [0.717, 1.165) is 31.2 Å². The highest BCUT2D eigenvalue weighted by atomic mass is 35.5. The summed E-state index contributed by atoms with van der Waals surface area (Å²) < 4.78 is 42.1. The Kier molecular flexibility index (Phi) is 7.12. The number of carboxylic acid groups (broad SMARTS) is 1. The summed E-state index contributed by atoms with van der Waals surface area (Å²) in [5.41, 5.74) is -0.255. The summed E-state index contributed by atoms with van der Waals surface area (Å²) in [6.45, 7) is 0. The molecule has 1 aliphatic rings. The number of aromatic carboxylic acids is 1. The van der Waals surface area contributed by atoms with Crippen LogP contribution in [0.3, 0.4) is 0 Å². The smallest absolute Gasteiger partial charge is 0.335 e. The van der Waals surface area contributed by atoms with Crippen molar-refractivity contribution in [3.63, 3.8) is 0 Å². The largest absolute Gasteiger partial charge is 0.618 e. The van der Waals surface area contributed by atoms with Gasteiger partial charge >= 0.3 is 5.97 Å². The zero-order valence-electron chi connectivity index (χ0n) is 18.4. The lowest BCUT2D eigenvalue weighted by atomic mass is 9.89. The predicted molar refractivity (Wildman–Crippen MR) is 123 cm³/mol. The van der Waals surface area contributed by atoms with Crippen LogP contribution in [0, 0.1) is 16.9 Å². The number of carbonyl (C=O) groups is 2. The number of hydrogen-bond donors (Lipinski definition) is 1. The predicted octanol–water partition coefficient (Wildman–Crippen LogP) is 6.11. The number of carboxylic acids is 1. The quantitative estimate of drug-likeness (QED) is 0.282. The van der Waals surface area contributed by atoms with Crippen molar-refractivity contribution in [2.75, 3.05) is 0 Å². The SMILES string of the molecule is O=C(O)c1ccc(CC(=O)[C@H](CC2CC2)c2ccc(-c3c(C(F)F)ccc(Cl)c3F)c[n+]2[O-])cc1. The van der Waals surface area contributed by atoms with Crippen LogP contribution in [0.15, 0.2) is 54.7 Å². The van der Waals surface area contributed by atoms with Gasteiger partial charge in [0.2, 0.25) is 5.69 Å². The summed E-state index contributed by atoms with van der Waals surface area (Å²) in [4.78, 5) is 24.2. The molecule has 1 aromatic heterocycles. The molecule has 5 nitrogen and oxygen atoms in total. The Bertz CT molecular complexity index is 1280. The van der Waals surface area contributed by atoms with Crippen LogP contribution in [0.2, 0.25) is 5.02 Å². The molecule has 0 unspecified atom stereocenters. The highest BCUT2D eigenvalue weighted by Crippen LogP contribution is 2.40. The van der Waals surface area contributed by atoms with Gasteiger partial charge in [-0.1, -0.05) is 42.6 Å². The van der Waals surface area contributed by atoms with Gasteiger partial charge in [-0.2, -0.15) is 4.73 Å². The van der Waals surface area contributed by atoms with Crippen molar-refractivity contribution >= 4 is 23.4 Å². The molecule has 0 radical (unpaired) electrons. The average molecular weight is 504 g/mol. The van der Waals surface area contributed by atoms with Crippen molar-refractivity contribution in [3.05, 3.63) is 93.2 Å². The molecule has 1 N–H and O–H groups in total. The molecular weight excluding hydrogens is 483 g/mol. The standard InChI is InChI=1S/C26H21ClF3NO4/c27-20-9-8-18(25(29)30)23(24(20)28)17-7-10-21(31(35)13-17)19(11-14-1-2-14)22(32)12-15-3-5-16(6-4-15)26(33)34/h3-10,13-14,19,25H,1-2,11-12H2,(H,33,34)/t19-/m1/s1. The number of alkyl halides is 2. The molecule has 3 aromatic rings. The maximum absolute atomic E-state index is 14.7. The molecule has 1 atom stereocenters. The Morgan fingerprint density at radius 2 is 1.77 bits per heavy atom. The molecule has 35 heavy (non-hydrogen) atoms. The molecule has 0 aliphatic heterocycles. The summed E-state index contributed by atoms with van der Waals surface area (Å²) in [6, 6.07) is 10.7. The van der Waals surface area contributed by atoms with Gasteiger partial charge in [0.1, 0.15) is 11.7 Å². The van der Waals surface area contributed by atoms with Crippen LogP contribution in [-0.2, 0) is 11.2 Å². The van der Waals surface area contributed by atoms with Crippen molar-refractivity contribution in [2.45, 2.75) is 38.0 Å². The van der Waals surface area contributed by atoms with Crippen molar-refractivity contribution < 1.29 is 32.6 Å². The molecule has 0 bridgehead atoms. The lowest BCUT2D eigenvalue weighted by molar-refractivity contribution is -0.614. The number of halogens is 4. The number of hydrogen-bond acceptors (Lipinski definition) is 3. The van der Waals surface area contributed by atoms with Crippen LogP contribution in [0.1, 0.15) is 58.8 Å². The van der Waals surface area contributed by atoms with Crippen molar-refractivity contribution in [2.24, 2.45) is 5.92 Å². The van der Waals surface area contributed by atoms with Crippen LogP contribution in [0.25, 0.3) is 11.1 Å². The van der Waals surface area contributed by atoms with Gasteiger partial charge in [0.25, 0.3) is 6.43 Å². The van der Waals surface area contributed by atoms with Gasteiger partial charge in [-0.25, -0.2) is 18.0 Å². The van der Waals surface area contributed by atoms with Gasteiger partial charge in [-0.15, -0.1) is 0 Å². The number of aromatic nitrogens is 1. The lowest BCUT2D eigenvalue weighted by Gasteiger charge is -2.17. The van der Waals surface area contributed by atoms with E-state index in [1.54, 1.807) is 12.1 Å². The second-order valence-electron chi connectivity index (χ2n) is 8.67. The minimum Gasteiger partial charge on any atom is -0.618 e.